The molecule has 1 fully saturated rings. The van der Waals surface area contributed by atoms with Crippen molar-refractivity contribution in [1.29, 1.82) is 0 Å². The molecule has 0 bridgehead atoms. The summed E-state index contributed by atoms with van der Waals surface area (Å²) in [6.07, 6.45) is -6.93. The molecule has 2 unspecified atom stereocenters. The SMILES string of the molecule is CCOC(=O)C(NCCCNC(=O)[C@H](CC(C)C)NC(=O)[C@H](CCCN=C(N)N[N+](=O)O)NC(=O)N[C@H](C(=O)OCc1ccccc1)C(C)C)C(OC(C)=O)[C@H]1O[C@@H](n2ccc(=O)[nH]c2=O)[C@H](OC(C)=O)[C@@H]1OC(C)=O. The zero-order valence-electron chi connectivity index (χ0n) is 43.6. The van der Waals surface area contributed by atoms with Crippen LogP contribution >= 0.6 is 0 Å². The third-order valence-electron chi connectivity index (χ3n) is 11.0. The van der Waals surface area contributed by atoms with Gasteiger partial charge >= 0.3 is 46.6 Å². The summed E-state index contributed by atoms with van der Waals surface area (Å²) >= 11 is 0. The number of esters is 5. The Morgan fingerprint density at radius 2 is 1.49 bits per heavy atom. The highest BCUT2D eigenvalue weighted by atomic mass is 16.7. The van der Waals surface area contributed by atoms with Gasteiger partial charge < -0.3 is 60.7 Å². The molecule has 10 N–H and O–H groups in total. The van der Waals surface area contributed by atoms with E-state index >= 15 is 0 Å². The average Bonchev–Trinajstić information content (AvgIpc) is 3.65. The number of nitrogens with zero attached hydrogens (tertiary/aromatic N) is 3. The molecule has 1 aliphatic heterocycles. The molecule has 1 aromatic heterocycles. The highest BCUT2D eigenvalue weighted by molar-refractivity contribution is 5.92. The summed E-state index contributed by atoms with van der Waals surface area (Å²) < 4.78 is 34.4. The Labute approximate surface area is 436 Å². The lowest BCUT2D eigenvalue weighted by Crippen LogP contribution is -2.58. The van der Waals surface area contributed by atoms with E-state index in [-0.39, 0.29) is 64.4 Å². The number of hydrazine groups is 1. The van der Waals surface area contributed by atoms with Crippen LogP contribution in [0.5, 0.6) is 0 Å². The Kier molecular flexibility index (Phi) is 25.5. The number of hydrogen-bond acceptors (Lipinski definition) is 19. The number of guanidine groups is 1. The number of ether oxygens (including phenoxy) is 6. The molecule has 420 valence electrons. The smallest absolute Gasteiger partial charge is 0.362 e. The van der Waals surface area contributed by atoms with Crippen molar-refractivity contribution < 1.29 is 77.0 Å². The number of benzene rings is 1. The van der Waals surface area contributed by atoms with Gasteiger partial charge in [-0.3, -0.25) is 43.1 Å². The zero-order valence-corrected chi connectivity index (χ0v) is 43.6. The molecular weight excluding hydrogens is 1010 g/mol. The third-order valence-corrected chi connectivity index (χ3v) is 11.0. The molecule has 29 nitrogen and oxygen atoms in total. The van der Waals surface area contributed by atoms with Crippen LogP contribution in [0.4, 0.5) is 4.79 Å². The number of amides is 4. The van der Waals surface area contributed by atoms with Crippen LogP contribution in [0, 0.1) is 16.7 Å². The predicted octanol–water partition coefficient (Wildman–Crippen LogP) is -1.01. The van der Waals surface area contributed by atoms with Gasteiger partial charge in [0.05, 0.1) is 6.61 Å². The van der Waals surface area contributed by atoms with Crippen LogP contribution < -0.4 is 49.0 Å². The number of nitrogens with two attached hydrogens (primary N) is 1. The van der Waals surface area contributed by atoms with Crippen molar-refractivity contribution >= 4 is 53.7 Å². The minimum Gasteiger partial charge on any atom is -0.465 e. The lowest BCUT2D eigenvalue weighted by molar-refractivity contribution is -0.822. The highest BCUT2D eigenvalue weighted by Crippen LogP contribution is 2.37. The second-order valence-corrected chi connectivity index (χ2v) is 18.0. The molecule has 0 saturated carbocycles. The fraction of sp³-hybridized carbons (Fsp3) is 0.596. The van der Waals surface area contributed by atoms with E-state index in [1.165, 1.54) is 6.92 Å². The van der Waals surface area contributed by atoms with Crippen molar-refractivity contribution in [2.24, 2.45) is 22.6 Å². The minimum absolute atomic E-state index is 0.0561. The molecule has 4 amide bonds. The van der Waals surface area contributed by atoms with Gasteiger partial charge in [-0.2, -0.15) is 0 Å². The van der Waals surface area contributed by atoms with E-state index in [2.05, 4.69) is 31.6 Å². The molecule has 1 aromatic carbocycles. The summed E-state index contributed by atoms with van der Waals surface area (Å²) in [6.45, 7) is 11.1. The van der Waals surface area contributed by atoms with E-state index in [9.17, 15) is 52.9 Å². The molecular formula is C47H70N11O18+. The monoisotopic (exact) mass is 1080 g/mol. The summed E-state index contributed by atoms with van der Waals surface area (Å²) in [5, 5.41) is 21.7. The standard InChI is InChI=1S/C47H69N11O18/c1-9-71-44(66)35(36(73-27(6)59)37-38(74-28(7)60)39(75-29(8)61)42(76-37)57-22-18-33(62)54-47(57)68)49-20-14-21-50-40(63)32(23-25(2)3)52-41(64)31(17-13-19-51-45(48)56-58(69)70)53-46(67)55-34(26(4)5)43(65)72-24-30-15-11-10-12-16-30/h10-12,15-16,18,22,25-26,31-32,34-39,42,49H,9,13-14,17,19-21,23-24H2,1-8H3,(H8-,48,50,51,52,53,54,55,56,62,63,64,67,68,69,70)/p+1/t31-,32-,34-,35?,36?,37+,38+,39+,42+/m0/s1. The van der Waals surface area contributed by atoms with E-state index in [1.54, 1.807) is 58.0 Å². The molecule has 76 heavy (non-hydrogen) atoms. The molecule has 0 radical (unpaired) electrons. The predicted molar refractivity (Wildman–Crippen MR) is 264 cm³/mol. The lowest BCUT2D eigenvalue weighted by atomic mass is 9.98. The first-order valence-corrected chi connectivity index (χ1v) is 24.4. The number of nitrogens with one attached hydrogen (secondary N) is 7. The number of hydrogen-bond donors (Lipinski definition) is 9. The summed E-state index contributed by atoms with van der Waals surface area (Å²) in [5.41, 5.74) is 6.32. The summed E-state index contributed by atoms with van der Waals surface area (Å²) in [5.74, 6) is -6.91. The molecule has 0 aliphatic carbocycles. The largest absolute Gasteiger partial charge is 0.465 e. The summed E-state index contributed by atoms with van der Waals surface area (Å²) in [7, 11) is 0. The quantitative estimate of drug-likeness (QED) is 0.0118. The number of aliphatic imine (C=N–C) groups is 1. The van der Waals surface area contributed by atoms with Crippen molar-refractivity contribution in [2.75, 3.05) is 26.2 Å². The molecule has 2 aromatic rings. The maximum atomic E-state index is 14.0. The van der Waals surface area contributed by atoms with Gasteiger partial charge in [0.25, 0.3) is 11.5 Å². The normalized spacial score (nSPS) is 18.2. The Bertz CT molecular complexity index is 2470. The van der Waals surface area contributed by atoms with Crippen molar-refractivity contribution in [1.82, 2.24) is 41.6 Å². The Hall–Kier alpha value is -7.95. The van der Waals surface area contributed by atoms with E-state index < -0.39 is 131 Å². The molecule has 1 aliphatic rings. The van der Waals surface area contributed by atoms with Crippen molar-refractivity contribution in [3.8, 4) is 0 Å². The Balaban J connectivity index is 1.82. The van der Waals surface area contributed by atoms with Crippen molar-refractivity contribution in [3.05, 3.63) is 73.9 Å². The first kappa shape index (κ1) is 62.3. The maximum Gasteiger partial charge on any atom is 0.362 e. The fourth-order valence-electron chi connectivity index (χ4n) is 7.72. The van der Waals surface area contributed by atoms with Crippen LogP contribution in [-0.4, -0.2) is 148 Å². The van der Waals surface area contributed by atoms with Crippen LogP contribution in [0.1, 0.15) is 92.9 Å². The first-order chi connectivity index (χ1) is 35.9. The number of aromatic amines is 1. The Morgan fingerprint density at radius 3 is 2.08 bits per heavy atom. The lowest BCUT2D eigenvalue weighted by Gasteiger charge is -2.32. The van der Waals surface area contributed by atoms with Crippen molar-refractivity contribution in [2.45, 2.75) is 142 Å². The van der Waals surface area contributed by atoms with Gasteiger partial charge in [-0.25, -0.2) is 24.6 Å². The van der Waals surface area contributed by atoms with E-state index in [1.807, 2.05) is 10.4 Å². The zero-order chi connectivity index (χ0) is 56.6. The molecule has 3 rings (SSSR count). The number of carbonyl (C=O) groups is 8. The van der Waals surface area contributed by atoms with Gasteiger partial charge in [-0.05, 0) is 62.0 Å². The van der Waals surface area contributed by atoms with Gasteiger partial charge in [0, 0.05) is 46.1 Å². The van der Waals surface area contributed by atoms with Crippen LogP contribution in [-0.2, 0) is 68.6 Å². The second kappa shape index (κ2) is 31.1. The van der Waals surface area contributed by atoms with Crippen molar-refractivity contribution in [3.63, 3.8) is 0 Å². The van der Waals surface area contributed by atoms with E-state index in [0.29, 0.717) is 0 Å². The van der Waals surface area contributed by atoms with Gasteiger partial charge in [-0.15, -0.1) is 0 Å². The first-order valence-electron chi connectivity index (χ1n) is 24.4. The number of rotatable bonds is 29. The van der Waals surface area contributed by atoms with E-state index in [4.69, 9.17) is 39.4 Å². The number of H-pyrrole nitrogens is 1. The molecule has 29 heteroatoms. The number of aromatic nitrogens is 2. The van der Waals surface area contributed by atoms with Gasteiger partial charge in [0.15, 0.2) is 24.5 Å². The molecule has 2 heterocycles. The van der Waals surface area contributed by atoms with Gasteiger partial charge in [-0.1, -0.05) is 58.0 Å². The second-order valence-electron chi connectivity index (χ2n) is 18.0. The van der Waals surface area contributed by atoms with Crippen LogP contribution in [0.25, 0.3) is 0 Å². The van der Waals surface area contributed by atoms with Gasteiger partial charge in [0.1, 0.15) is 41.8 Å². The van der Waals surface area contributed by atoms with Crippen LogP contribution in [0.15, 0.2) is 57.2 Å². The number of carbonyl (C=O) groups excluding carboxylic acids is 8. The topological polar surface area (TPSA) is 398 Å². The number of urea groups is 1. The average molecular weight is 1080 g/mol. The highest BCUT2D eigenvalue weighted by Gasteiger charge is 2.57. The fourth-order valence-corrected chi connectivity index (χ4v) is 7.72. The minimum atomic E-state index is -1.71. The Morgan fingerprint density at radius 1 is 0.829 bits per heavy atom. The molecule has 9 atom stereocenters. The molecule has 0 spiro atoms. The van der Waals surface area contributed by atoms with Gasteiger partial charge in [0.2, 0.25) is 11.8 Å². The van der Waals surface area contributed by atoms with E-state index in [0.717, 1.165) is 43.2 Å². The third kappa shape index (κ3) is 20.8. The van der Waals surface area contributed by atoms with Crippen LogP contribution in [0.2, 0.25) is 0 Å². The summed E-state index contributed by atoms with van der Waals surface area (Å²) in [6, 6.07) is 3.72. The van der Waals surface area contributed by atoms with Crippen LogP contribution in [0.3, 0.4) is 0 Å². The summed E-state index contributed by atoms with van der Waals surface area (Å²) in [4.78, 5) is 147. The molecule has 1 saturated heterocycles. The maximum absolute atomic E-state index is 14.0.